The standard InChI is InChI=1S/C13H17ClN2O/c1-16-8-4-7-12(16)13(17)15-9-10-5-2-3-6-11(10)14/h2-3,5-6,12H,4,7-9H2,1H3,(H,15,17). The third-order valence-electron chi connectivity index (χ3n) is 3.23. The highest BCUT2D eigenvalue weighted by molar-refractivity contribution is 6.31. The van der Waals surface area contributed by atoms with Crippen LogP contribution >= 0.6 is 11.6 Å². The largest absolute Gasteiger partial charge is 0.351 e. The first kappa shape index (κ1) is 12.4. The van der Waals surface area contributed by atoms with E-state index in [9.17, 15) is 4.79 Å². The third kappa shape index (κ3) is 2.99. The summed E-state index contributed by atoms with van der Waals surface area (Å²) in [4.78, 5) is 14.0. The van der Waals surface area contributed by atoms with Gasteiger partial charge in [0.1, 0.15) is 0 Å². The number of nitrogens with zero attached hydrogens (tertiary/aromatic N) is 1. The highest BCUT2D eigenvalue weighted by Gasteiger charge is 2.27. The Labute approximate surface area is 107 Å². The van der Waals surface area contributed by atoms with Gasteiger partial charge in [-0.2, -0.15) is 0 Å². The van der Waals surface area contributed by atoms with Crippen LogP contribution in [0.5, 0.6) is 0 Å². The number of rotatable bonds is 3. The molecule has 0 radical (unpaired) electrons. The van der Waals surface area contributed by atoms with Gasteiger partial charge in [0.05, 0.1) is 6.04 Å². The molecular formula is C13H17ClN2O. The number of likely N-dealkylation sites (N-methyl/N-ethyl adjacent to an activating group) is 1. The van der Waals surface area contributed by atoms with Crippen LogP contribution in [-0.4, -0.2) is 30.4 Å². The molecule has 92 valence electrons. The summed E-state index contributed by atoms with van der Waals surface area (Å²) in [5.41, 5.74) is 0.961. The second kappa shape index (κ2) is 5.52. The molecule has 1 fully saturated rings. The van der Waals surface area contributed by atoms with Crippen molar-refractivity contribution >= 4 is 17.5 Å². The van der Waals surface area contributed by atoms with Gasteiger partial charge in [-0.05, 0) is 38.1 Å². The van der Waals surface area contributed by atoms with Crippen LogP contribution in [0.4, 0.5) is 0 Å². The van der Waals surface area contributed by atoms with Crippen molar-refractivity contribution in [3.8, 4) is 0 Å². The fraction of sp³-hybridized carbons (Fsp3) is 0.462. The van der Waals surface area contributed by atoms with Crippen molar-refractivity contribution in [2.45, 2.75) is 25.4 Å². The Morgan fingerprint density at radius 3 is 2.94 bits per heavy atom. The minimum atomic E-state index is 0.0255. The molecule has 1 heterocycles. The molecule has 2 rings (SSSR count). The van der Waals surface area contributed by atoms with Crippen molar-refractivity contribution in [2.24, 2.45) is 0 Å². The van der Waals surface area contributed by atoms with E-state index in [1.54, 1.807) is 0 Å². The fourth-order valence-electron chi connectivity index (χ4n) is 2.18. The maximum Gasteiger partial charge on any atom is 0.237 e. The lowest BCUT2D eigenvalue weighted by Crippen LogP contribution is -2.41. The van der Waals surface area contributed by atoms with E-state index in [0.29, 0.717) is 11.6 Å². The molecule has 0 aliphatic carbocycles. The second-order valence-corrected chi connectivity index (χ2v) is 4.86. The molecule has 1 aromatic carbocycles. The zero-order valence-electron chi connectivity index (χ0n) is 9.95. The number of likely N-dealkylation sites (tertiary alicyclic amines) is 1. The molecule has 4 heteroatoms. The van der Waals surface area contributed by atoms with Gasteiger partial charge in [-0.25, -0.2) is 0 Å². The Hall–Kier alpha value is -1.06. The van der Waals surface area contributed by atoms with Crippen LogP contribution in [0.25, 0.3) is 0 Å². The number of hydrogen-bond acceptors (Lipinski definition) is 2. The summed E-state index contributed by atoms with van der Waals surface area (Å²) in [7, 11) is 1.99. The molecule has 1 amide bonds. The van der Waals surface area contributed by atoms with E-state index in [-0.39, 0.29) is 11.9 Å². The molecule has 3 nitrogen and oxygen atoms in total. The van der Waals surface area contributed by atoms with Crippen LogP contribution in [0.3, 0.4) is 0 Å². The lowest BCUT2D eigenvalue weighted by Gasteiger charge is -2.18. The minimum absolute atomic E-state index is 0.0255. The molecular weight excluding hydrogens is 236 g/mol. The van der Waals surface area contributed by atoms with Gasteiger partial charge in [0, 0.05) is 11.6 Å². The molecule has 1 N–H and O–H groups in total. The highest BCUT2D eigenvalue weighted by Crippen LogP contribution is 2.16. The van der Waals surface area contributed by atoms with Gasteiger partial charge in [0.15, 0.2) is 0 Å². The van der Waals surface area contributed by atoms with E-state index in [2.05, 4.69) is 10.2 Å². The maximum atomic E-state index is 11.9. The summed E-state index contributed by atoms with van der Waals surface area (Å²) in [5, 5.41) is 3.65. The SMILES string of the molecule is CN1CCCC1C(=O)NCc1ccccc1Cl. The van der Waals surface area contributed by atoms with E-state index in [1.165, 1.54) is 0 Å². The molecule has 1 unspecified atom stereocenters. The van der Waals surface area contributed by atoms with Crippen LogP contribution in [0.15, 0.2) is 24.3 Å². The van der Waals surface area contributed by atoms with Crippen LogP contribution in [-0.2, 0) is 11.3 Å². The molecule has 0 spiro atoms. The van der Waals surface area contributed by atoms with Crippen LogP contribution in [0.2, 0.25) is 5.02 Å². The average molecular weight is 253 g/mol. The molecule has 1 aliphatic rings. The van der Waals surface area contributed by atoms with Crippen LogP contribution < -0.4 is 5.32 Å². The van der Waals surface area contributed by atoms with Crippen molar-refractivity contribution in [1.29, 1.82) is 0 Å². The summed E-state index contributed by atoms with van der Waals surface area (Å²) in [6.45, 7) is 1.51. The number of nitrogens with one attached hydrogen (secondary N) is 1. The predicted molar refractivity (Wildman–Crippen MR) is 69.0 cm³/mol. The number of benzene rings is 1. The van der Waals surface area contributed by atoms with Gasteiger partial charge in [-0.3, -0.25) is 9.69 Å². The Balaban J connectivity index is 1.90. The first-order valence-electron chi connectivity index (χ1n) is 5.90. The minimum Gasteiger partial charge on any atom is -0.351 e. The van der Waals surface area contributed by atoms with E-state index in [0.717, 1.165) is 24.9 Å². The van der Waals surface area contributed by atoms with Crippen molar-refractivity contribution in [3.63, 3.8) is 0 Å². The Bertz CT molecular complexity index is 408. The molecule has 17 heavy (non-hydrogen) atoms. The lowest BCUT2D eigenvalue weighted by molar-refractivity contribution is -0.125. The van der Waals surface area contributed by atoms with E-state index in [4.69, 9.17) is 11.6 Å². The second-order valence-electron chi connectivity index (χ2n) is 4.45. The Morgan fingerprint density at radius 2 is 2.29 bits per heavy atom. The first-order valence-corrected chi connectivity index (χ1v) is 6.27. The number of halogens is 1. The van der Waals surface area contributed by atoms with E-state index >= 15 is 0 Å². The zero-order chi connectivity index (χ0) is 12.3. The number of carbonyl (C=O) groups is 1. The monoisotopic (exact) mass is 252 g/mol. The highest BCUT2D eigenvalue weighted by atomic mass is 35.5. The van der Waals surface area contributed by atoms with Gasteiger partial charge in [0.2, 0.25) is 5.91 Å². The van der Waals surface area contributed by atoms with E-state index < -0.39 is 0 Å². The lowest BCUT2D eigenvalue weighted by atomic mass is 10.2. The van der Waals surface area contributed by atoms with Gasteiger partial charge >= 0.3 is 0 Å². The van der Waals surface area contributed by atoms with Crippen molar-refractivity contribution in [1.82, 2.24) is 10.2 Å². The van der Waals surface area contributed by atoms with Crippen molar-refractivity contribution in [2.75, 3.05) is 13.6 Å². The molecule has 0 aromatic heterocycles. The summed E-state index contributed by atoms with van der Waals surface area (Å²) in [5.74, 6) is 0.102. The smallest absolute Gasteiger partial charge is 0.237 e. The summed E-state index contributed by atoms with van der Waals surface area (Å²) >= 11 is 6.03. The van der Waals surface area contributed by atoms with Gasteiger partial charge in [-0.15, -0.1) is 0 Å². The Morgan fingerprint density at radius 1 is 1.53 bits per heavy atom. The number of amides is 1. The average Bonchev–Trinajstić information content (AvgIpc) is 2.74. The number of carbonyl (C=O) groups excluding carboxylic acids is 1. The molecule has 0 saturated carbocycles. The van der Waals surface area contributed by atoms with Crippen molar-refractivity contribution in [3.05, 3.63) is 34.9 Å². The third-order valence-corrected chi connectivity index (χ3v) is 3.60. The zero-order valence-corrected chi connectivity index (χ0v) is 10.7. The molecule has 1 aliphatic heterocycles. The Kier molecular flexibility index (Phi) is 4.02. The fourth-order valence-corrected chi connectivity index (χ4v) is 2.39. The van der Waals surface area contributed by atoms with Crippen LogP contribution in [0, 0.1) is 0 Å². The van der Waals surface area contributed by atoms with Gasteiger partial charge < -0.3 is 5.32 Å². The van der Waals surface area contributed by atoms with Gasteiger partial charge in [0.25, 0.3) is 0 Å². The summed E-state index contributed by atoms with van der Waals surface area (Å²) < 4.78 is 0. The van der Waals surface area contributed by atoms with E-state index in [1.807, 2.05) is 31.3 Å². The summed E-state index contributed by atoms with van der Waals surface area (Å²) in [6, 6.07) is 7.61. The molecule has 1 aromatic rings. The quantitative estimate of drug-likeness (QED) is 0.893. The topological polar surface area (TPSA) is 32.3 Å². The van der Waals surface area contributed by atoms with Gasteiger partial charge in [-0.1, -0.05) is 29.8 Å². The molecule has 0 bridgehead atoms. The van der Waals surface area contributed by atoms with Crippen LogP contribution in [0.1, 0.15) is 18.4 Å². The summed E-state index contributed by atoms with van der Waals surface area (Å²) in [6.07, 6.45) is 2.05. The van der Waals surface area contributed by atoms with Crippen molar-refractivity contribution < 1.29 is 4.79 Å². The predicted octanol–water partition coefficient (Wildman–Crippen LogP) is 2.05. The molecule has 1 saturated heterocycles. The number of hydrogen-bond donors (Lipinski definition) is 1. The first-order chi connectivity index (χ1) is 8.18. The maximum absolute atomic E-state index is 11.9. The molecule has 1 atom stereocenters. The normalized spacial score (nSPS) is 20.5.